The molecule has 1 aromatic carbocycles. The van der Waals surface area contributed by atoms with Crippen LogP contribution < -0.4 is 5.32 Å². The summed E-state index contributed by atoms with van der Waals surface area (Å²) < 4.78 is 0. The molecule has 0 spiro atoms. The topological polar surface area (TPSA) is 69.6 Å². The Kier molecular flexibility index (Phi) is 5.58. The summed E-state index contributed by atoms with van der Waals surface area (Å²) in [6.45, 7) is 7.68. The van der Waals surface area contributed by atoms with Crippen LogP contribution in [0.25, 0.3) is 0 Å². The van der Waals surface area contributed by atoms with E-state index in [1.165, 1.54) is 17.0 Å². The minimum absolute atomic E-state index is 0.0412. The van der Waals surface area contributed by atoms with Gasteiger partial charge in [0.05, 0.1) is 10.7 Å². The molecule has 0 saturated carbocycles. The number of nitrogens with zero attached hydrogens (tertiary/aromatic N) is 1. The van der Waals surface area contributed by atoms with Crippen molar-refractivity contribution in [2.45, 2.75) is 19.9 Å². The summed E-state index contributed by atoms with van der Waals surface area (Å²) in [5.41, 5.74) is 0.0505. The van der Waals surface area contributed by atoms with Gasteiger partial charge in [0.25, 0.3) is 0 Å². The summed E-state index contributed by atoms with van der Waals surface area (Å²) in [7, 11) is 0. The fourth-order valence-corrected chi connectivity index (χ4v) is 1.96. The number of halogens is 1. The number of amides is 2. The number of aromatic carboxylic acids is 1. The Morgan fingerprint density at radius 2 is 2.15 bits per heavy atom. The maximum Gasteiger partial charge on any atom is 0.339 e. The lowest BCUT2D eigenvalue weighted by molar-refractivity contribution is 0.0698. The Labute approximate surface area is 122 Å². The lowest BCUT2D eigenvalue weighted by Crippen LogP contribution is -2.40. The van der Waals surface area contributed by atoms with E-state index in [-0.39, 0.29) is 22.3 Å². The summed E-state index contributed by atoms with van der Waals surface area (Å²) in [4.78, 5) is 24.9. The van der Waals surface area contributed by atoms with Gasteiger partial charge in [0.1, 0.15) is 5.56 Å². The number of rotatable bonds is 5. The maximum absolute atomic E-state index is 12.2. The van der Waals surface area contributed by atoms with Gasteiger partial charge in [0.15, 0.2) is 0 Å². The van der Waals surface area contributed by atoms with E-state index in [0.717, 1.165) is 0 Å². The molecule has 0 aliphatic carbocycles. The van der Waals surface area contributed by atoms with Crippen molar-refractivity contribution in [1.29, 1.82) is 0 Å². The van der Waals surface area contributed by atoms with Crippen molar-refractivity contribution >= 4 is 29.3 Å². The first-order valence-corrected chi connectivity index (χ1v) is 6.46. The van der Waals surface area contributed by atoms with Crippen molar-refractivity contribution in [3.8, 4) is 0 Å². The van der Waals surface area contributed by atoms with Crippen molar-refractivity contribution < 1.29 is 14.7 Å². The normalized spacial score (nSPS) is 10.2. The van der Waals surface area contributed by atoms with Crippen LogP contribution in [0, 0.1) is 0 Å². The summed E-state index contributed by atoms with van der Waals surface area (Å²) in [6, 6.07) is 4.10. The molecule has 2 N–H and O–H groups in total. The zero-order valence-electron chi connectivity index (χ0n) is 11.4. The summed E-state index contributed by atoms with van der Waals surface area (Å²) >= 11 is 5.85. The Morgan fingerprint density at radius 1 is 1.50 bits per heavy atom. The van der Waals surface area contributed by atoms with Crippen LogP contribution in [0.5, 0.6) is 0 Å². The van der Waals surface area contributed by atoms with E-state index in [4.69, 9.17) is 16.7 Å². The van der Waals surface area contributed by atoms with E-state index < -0.39 is 12.0 Å². The van der Waals surface area contributed by atoms with Gasteiger partial charge in [-0.05, 0) is 26.0 Å². The third kappa shape index (κ3) is 3.74. The molecule has 6 heteroatoms. The van der Waals surface area contributed by atoms with Gasteiger partial charge in [0.2, 0.25) is 0 Å². The van der Waals surface area contributed by atoms with Crippen LogP contribution in [-0.2, 0) is 0 Å². The van der Waals surface area contributed by atoms with Gasteiger partial charge in [0, 0.05) is 12.6 Å². The highest BCUT2D eigenvalue weighted by atomic mass is 35.5. The van der Waals surface area contributed by atoms with E-state index in [1.807, 2.05) is 13.8 Å². The second-order valence-electron chi connectivity index (χ2n) is 4.43. The molecule has 0 aliphatic heterocycles. The molecule has 0 aliphatic rings. The SMILES string of the molecule is C=CCN(C(=O)Nc1cccc(Cl)c1C(=O)O)C(C)C. The molecule has 1 aromatic rings. The number of carboxylic acid groups (broad SMARTS) is 1. The van der Waals surface area contributed by atoms with Crippen LogP contribution in [0.3, 0.4) is 0 Å². The quantitative estimate of drug-likeness (QED) is 0.817. The zero-order valence-corrected chi connectivity index (χ0v) is 12.1. The Balaban J connectivity index is 3.04. The van der Waals surface area contributed by atoms with Gasteiger partial charge in [-0.15, -0.1) is 6.58 Å². The van der Waals surface area contributed by atoms with Crippen LogP contribution in [0.1, 0.15) is 24.2 Å². The molecule has 5 nitrogen and oxygen atoms in total. The average molecular weight is 297 g/mol. The first kappa shape index (κ1) is 16.0. The van der Waals surface area contributed by atoms with E-state index in [2.05, 4.69) is 11.9 Å². The maximum atomic E-state index is 12.2. The van der Waals surface area contributed by atoms with E-state index in [9.17, 15) is 9.59 Å². The van der Waals surface area contributed by atoms with Crippen molar-refractivity contribution in [2.24, 2.45) is 0 Å². The van der Waals surface area contributed by atoms with Crippen LogP contribution in [0.15, 0.2) is 30.9 Å². The smallest absolute Gasteiger partial charge is 0.339 e. The summed E-state index contributed by atoms with van der Waals surface area (Å²) in [6.07, 6.45) is 1.61. The molecule has 0 heterocycles. The molecule has 0 bridgehead atoms. The third-order valence-corrected chi connectivity index (χ3v) is 2.99. The molecule has 0 radical (unpaired) electrons. The predicted molar refractivity (Wildman–Crippen MR) is 79.5 cm³/mol. The summed E-state index contributed by atoms with van der Waals surface area (Å²) in [5.74, 6) is -1.19. The monoisotopic (exact) mass is 296 g/mol. The number of carboxylic acids is 1. The lowest BCUT2D eigenvalue weighted by Gasteiger charge is -2.26. The number of carbonyl (C=O) groups is 2. The van der Waals surface area contributed by atoms with Crippen molar-refractivity contribution in [3.05, 3.63) is 41.4 Å². The Bertz CT molecular complexity index is 529. The van der Waals surface area contributed by atoms with Crippen LogP contribution in [-0.4, -0.2) is 34.6 Å². The molecule has 20 heavy (non-hydrogen) atoms. The molecule has 0 saturated heterocycles. The standard InChI is InChI=1S/C14H17ClN2O3/c1-4-8-17(9(2)3)14(20)16-11-7-5-6-10(15)12(11)13(18)19/h4-7,9H,1,8H2,2-3H3,(H,16,20)(H,18,19). The number of urea groups is 1. The second-order valence-corrected chi connectivity index (χ2v) is 4.84. The molecule has 0 atom stereocenters. The van der Waals surface area contributed by atoms with Gasteiger partial charge in [-0.2, -0.15) is 0 Å². The van der Waals surface area contributed by atoms with Crippen LogP contribution in [0.4, 0.5) is 10.5 Å². The third-order valence-electron chi connectivity index (χ3n) is 2.68. The van der Waals surface area contributed by atoms with E-state index >= 15 is 0 Å². The second kappa shape index (κ2) is 6.96. The average Bonchev–Trinajstić information content (AvgIpc) is 2.34. The first-order chi connectivity index (χ1) is 9.38. The number of anilines is 1. The largest absolute Gasteiger partial charge is 0.478 e. The van der Waals surface area contributed by atoms with Gasteiger partial charge < -0.3 is 15.3 Å². The fraction of sp³-hybridized carbons (Fsp3) is 0.286. The van der Waals surface area contributed by atoms with Crippen molar-refractivity contribution in [2.75, 3.05) is 11.9 Å². The van der Waals surface area contributed by atoms with Crippen LogP contribution >= 0.6 is 11.6 Å². The summed E-state index contributed by atoms with van der Waals surface area (Å²) in [5, 5.41) is 11.8. The number of nitrogens with one attached hydrogen (secondary N) is 1. The molecule has 1 rings (SSSR count). The molecule has 0 aromatic heterocycles. The molecule has 2 amide bonds. The van der Waals surface area contributed by atoms with Gasteiger partial charge in [-0.1, -0.05) is 23.7 Å². The van der Waals surface area contributed by atoms with Gasteiger partial charge >= 0.3 is 12.0 Å². The van der Waals surface area contributed by atoms with Crippen LogP contribution in [0.2, 0.25) is 5.02 Å². The van der Waals surface area contributed by atoms with Crippen molar-refractivity contribution in [1.82, 2.24) is 4.90 Å². The number of benzene rings is 1. The van der Waals surface area contributed by atoms with Crippen molar-refractivity contribution in [3.63, 3.8) is 0 Å². The van der Waals surface area contributed by atoms with Gasteiger partial charge in [-0.25, -0.2) is 9.59 Å². The van der Waals surface area contributed by atoms with Gasteiger partial charge in [-0.3, -0.25) is 0 Å². The highest BCUT2D eigenvalue weighted by Crippen LogP contribution is 2.24. The number of carbonyl (C=O) groups excluding carboxylic acids is 1. The minimum atomic E-state index is -1.19. The predicted octanol–water partition coefficient (Wildman–Crippen LogP) is 3.47. The highest BCUT2D eigenvalue weighted by Gasteiger charge is 2.20. The zero-order chi connectivity index (χ0) is 15.3. The fourth-order valence-electron chi connectivity index (χ4n) is 1.70. The highest BCUT2D eigenvalue weighted by molar-refractivity contribution is 6.34. The molecule has 108 valence electrons. The number of hydrogen-bond donors (Lipinski definition) is 2. The minimum Gasteiger partial charge on any atom is -0.478 e. The molecular weight excluding hydrogens is 280 g/mol. The Morgan fingerprint density at radius 3 is 2.65 bits per heavy atom. The molecule has 0 unspecified atom stereocenters. The first-order valence-electron chi connectivity index (χ1n) is 6.08. The molecular formula is C14H17ClN2O3. The Hall–Kier alpha value is -2.01. The molecule has 0 fully saturated rings. The number of hydrogen-bond acceptors (Lipinski definition) is 2. The van der Waals surface area contributed by atoms with E-state index in [1.54, 1.807) is 12.1 Å². The van der Waals surface area contributed by atoms with E-state index in [0.29, 0.717) is 6.54 Å². The lowest BCUT2D eigenvalue weighted by atomic mass is 10.2.